The van der Waals surface area contributed by atoms with Gasteiger partial charge in [0.1, 0.15) is 48.2 Å². The molecule has 19 heteroatoms. The molecule has 2 saturated heterocycles. The van der Waals surface area contributed by atoms with Crippen LogP contribution in [-0.2, 0) is 33.6 Å². The van der Waals surface area contributed by atoms with Gasteiger partial charge in [0.05, 0.1) is 11.5 Å². The first-order valence-corrected chi connectivity index (χ1v) is 12.6. The minimum atomic E-state index is -4.99. The van der Waals surface area contributed by atoms with Crippen LogP contribution < -0.4 is 0 Å². The van der Waals surface area contributed by atoms with Crippen LogP contribution in [0.4, 0.5) is 5.69 Å². The van der Waals surface area contributed by atoms with Crippen LogP contribution in [-0.4, -0.2) is 122 Å². The molecule has 0 spiro atoms. The molecular weight excluding hydrogens is 550 g/mol. The molecule has 2 fully saturated rings. The molecule has 37 heavy (non-hydrogen) atoms. The van der Waals surface area contributed by atoms with Crippen LogP contribution in [0, 0.1) is 10.1 Å². The van der Waals surface area contributed by atoms with Crippen molar-refractivity contribution in [3.05, 3.63) is 34.4 Å². The lowest BCUT2D eigenvalue weighted by atomic mass is 9.97. The number of non-ortho nitro benzene ring substituents is 1. The van der Waals surface area contributed by atoms with Crippen LogP contribution in [0.1, 0.15) is 0 Å². The Kier molecular flexibility index (Phi) is 9.42. The molecule has 208 valence electrons. The largest absolute Gasteiger partial charge is 0.479 e. The highest BCUT2D eigenvalue weighted by atomic mass is 32.3. The van der Waals surface area contributed by atoms with Gasteiger partial charge in [0.2, 0.25) is 0 Å². The number of nitro groups is 1. The summed E-state index contributed by atoms with van der Waals surface area (Å²) in [5.74, 6) is -1.72. The number of nitro benzene ring substituents is 1. The lowest BCUT2D eigenvalue weighted by Crippen LogP contribution is -2.64. The van der Waals surface area contributed by atoms with Crippen molar-refractivity contribution in [1.29, 1.82) is 0 Å². The Hall–Kier alpha value is -2.01. The third-order valence-corrected chi connectivity index (χ3v) is 7.03. The molecule has 2 heterocycles. The molecule has 17 nitrogen and oxygen atoms in total. The van der Waals surface area contributed by atoms with Crippen molar-refractivity contribution in [3.63, 3.8) is 0 Å². The quantitative estimate of drug-likeness (QED) is 0.0894. The van der Waals surface area contributed by atoms with Gasteiger partial charge >= 0.3 is 16.4 Å². The third kappa shape index (κ3) is 7.10. The first-order valence-electron chi connectivity index (χ1n) is 10.3. The van der Waals surface area contributed by atoms with E-state index in [1.807, 2.05) is 0 Å². The highest BCUT2D eigenvalue weighted by Crippen LogP contribution is 2.36. The predicted octanol–water partition coefficient (Wildman–Crippen LogP) is -2.77. The number of benzene rings is 1. The Morgan fingerprint density at radius 3 is 2.16 bits per heavy atom. The molecule has 0 unspecified atom stereocenters. The second kappa shape index (κ2) is 11.8. The van der Waals surface area contributed by atoms with Crippen LogP contribution >= 0.6 is 11.8 Å². The molecule has 10 atom stereocenters. The van der Waals surface area contributed by atoms with E-state index in [4.69, 9.17) is 18.8 Å². The van der Waals surface area contributed by atoms with Crippen molar-refractivity contribution in [2.45, 2.75) is 65.5 Å². The predicted molar refractivity (Wildman–Crippen MR) is 116 cm³/mol. The fourth-order valence-electron chi connectivity index (χ4n) is 3.55. The van der Waals surface area contributed by atoms with Crippen molar-refractivity contribution in [2.24, 2.45) is 0 Å². The zero-order chi connectivity index (χ0) is 27.7. The maximum absolute atomic E-state index is 11.3. The second-order valence-corrected chi connectivity index (χ2v) is 10.2. The van der Waals surface area contributed by atoms with Crippen LogP contribution in [0.5, 0.6) is 0 Å². The lowest BCUT2D eigenvalue weighted by molar-refractivity contribution is -0.384. The van der Waals surface area contributed by atoms with Gasteiger partial charge in [-0.25, -0.2) is 8.98 Å². The summed E-state index contributed by atoms with van der Waals surface area (Å²) < 4.78 is 51.0. The SMILES string of the molecule is O=C(O)[C@H]1O[C@@H](O[C@@H]2[C@@H](O)[C@H](Sc3ccc([N+](=O)[O-])cc3)O[C@H](COS(=O)(=O)O)[C@H]2O)[C@H](O)[C@@H](O)[C@@H]1O. The Labute approximate surface area is 212 Å². The standard InChI is InChI=1S/C18H23NO16S2/c20-9-8(5-32-37(29,30)31)33-18(36-7-3-1-6(2-4-7)19(27)28)13(24)14(9)34-17-12(23)10(21)11(22)15(35-17)16(25)26/h1-4,8-15,17-18,20-24H,5H2,(H,25,26)(H,29,30,31)/t8-,9-,10+,11+,12-,13-,14+,15+,17-,18+/m1/s1. The number of aliphatic hydroxyl groups is 5. The number of rotatable bonds is 9. The monoisotopic (exact) mass is 573 g/mol. The van der Waals surface area contributed by atoms with Crippen molar-refractivity contribution in [3.8, 4) is 0 Å². The van der Waals surface area contributed by atoms with E-state index < -0.39 is 88.5 Å². The summed E-state index contributed by atoms with van der Waals surface area (Å²) in [6.45, 7) is -0.975. The summed E-state index contributed by atoms with van der Waals surface area (Å²) in [7, 11) is -4.99. The zero-order valence-corrected chi connectivity index (χ0v) is 20.0. The molecule has 2 aliphatic rings. The topological polar surface area (TPSA) is 273 Å². The summed E-state index contributed by atoms with van der Waals surface area (Å²) >= 11 is 0.765. The average Bonchev–Trinajstić information content (AvgIpc) is 2.82. The molecule has 7 N–H and O–H groups in total. The van der Waals surface area contributed by atoms with Gasteiger partial charge in [-0.1, -0.05) is 11.8 Å². The number of aliphatic carboxylic acids is 1. The van der Waals surface area contributed by atoms with E-state index in [1.54, 1.807) is 0 Å². The number of carboxylic acids is 1. The van der Waals surface area contributed by atoms with Crippen molar-refractivity contribution >= 4 is 33.8 Å². The van der Waals surface area contributed by atoms with E-state index in [2.05, 4.69) is 4.18 Å². The summed E-state index contributed by atoms with van der Waals surface area (Å²) in [6.07, 6.45) is -17.3. The Balaban J connectivity index is 1.85. The molecule has 0 aliphatic carbocycles. The van der Waals surface area contributed by atoms with Gasteiger partial charge in [0.25, 0.3) is 5.69 Å². The molecule has 0 amide bonds. The number of ether oxygens (including phenoxy) is 3. The smallest absolute Gasteiger partial charge is 0.397 e. The summed E-state index contributed by atoms with van der Waals surface area (Å²) in [5, 5.41) is 71.6. The van der Waals surface area contributed by atoms with Gasteiger partial charge in [0.15, 0.2) is 12.4 Å². The Morgan fingerprint density at radius 1 is 1.00 bits per heavy atom. The molecular formula is C18H23NO16S2. The molecule has 2 aliphatic heterocycles. The summed E-state index contributed by atoms with van der Waals surface area (Å²) in [5.41, 5.74) is -1.61. The minimum Gasteiger partial charge on any atom is -0.479 e. The number of hydrogen-bond donors (Lipinski definition) is 7. The van der Waals surface area contributed by atoms with Gasteiger partial charge in [-0.2, -0.15) is 8.42 Å². The highest BCUT2D eigenvalue weighted by molar-refractivity contribution is 7.99. The van der Waals surface area contributed by atoms with Crippen molar-refractivity contribution < 1.29 is 71.7 Å². The van der Waals surface area contributed by atoms with E-state index in [1.165, 1.54) is 12.1 Å². The van der Waals surface area contributed by atoms with Crippen molar-refractivity contribution in [1.82, 2.24) is 0 Å². The maximum Gasteiger partial charge on any atom is 0.397 e. The molecule has 1 aromatic rings. The number of nitrogens with zero attached hydrogens (tertiary/aromatic N) is 1. The molecule has 0 aromatic heterocycles. The van der Waals surface area contributed by atoms with E-state index in [-0.39, 0.29) is 5.69 Å². The Morgan fingerprint density at radius 2 is 1.62 bits per heavy atom. The van der Waals surface area contributed by atoms with E-state index >= 15 is 0 Å². The molecule has 1 aromatic carbocycles. The number of carbonyl (C=O) groups is 1. The summed E-state index contributed by atoms with van der Waals surface area (Å²) in [4.78, 5) is 21.9. The second-order valence-electron chi connectivity index (χ2n) is 7.94. The minimum absolute atomic E-state index is 0.234. The maximum atomic E-state index is 11.3. The molecule has 0 bridgehead atoms. The van der Waals surface area contributed by atoms with Crippen LogP contribution in [0.2, 0.25) is 0 Å². The first-order chi connectivity index (χ1) is 17.2. The van der Waals surface area contributed by atoms with E-state index in [0.29, 0.717) is 4.90 Å². The molecule has 3 rings (SSSR count). The average molecular weight is 574 g/mol. The van der Waals surface area contributed by atoms with Gasteiger partial charge in [-0.3, -0.25) is 14.7 Å². The zero-order valence-electron chi connectivity index (χ0n) is 18.4. The lowest BCUT2D eigenvalue weighted by Gasteiger charge is -2.45. The first kappa shape index (κ1) is 29.5. The van der Waals surface area contributed by atoms with E-state index in [0.717, 1.165) is 23.9 Å². The Bertz CT molecular complexity index is 1070. The number of aliphatic hydroxyl groups excluding tert-OH is 5. The number of carboxylic acid groups (broad SMARTS) is 1. The highest BCUT2D eigenvalue weighted by Gasteiger charge is 2.52. The molecule has 0 saturated carbocycles. The van der Waals surface area contributed by atoms with Crippen LogP contribution in [0.3, 0.4) is 0 Å². The van der Waals surface area contributed by atoms with Gasteiger partial charge in [-0.15, -0.1) is 0 Å². The van der Waals surface area contributed by atoms with Gasteiger partial charge in [-0.05, 0) is 12.1 Å². The molecule has 0 radical (unpaired) electrons. The fourth-order valence-corrected chi connectivity index (χ4v) is 4.91. The summed E-state index contributed by atoms with van der Waals surface area (Å²) in [6, 6.07) is 4.94. The van der Waals surface area contributed by atoms with Crippen molar-refractivity contribution in [2.75, 3.05) is 6.61 Å². The van der Waals surface area contributed by atoms with Gasteiger partial charge < -0.3 is 44.8 Å². The van der Waals surface area contributed by atoms with Crippen LogP contribution in [0.25, 0.3) is 0 Å². The van der Waals surface area contributed by atoms with Crippen LogP contribution in [0.15, 0.2) is 29.2 Å². The normalized spacial score (nSPS) is 36.7. The van der Waals surface area contributed by atoms with E-state index in [9.17, 15) is 54.0 Å². The van der Waals surface area contributed by atoms with Gasteiger partial charge in [0, 0.05) is 17.0 Å². The number of thioether (sulfide) groups is 1. The number of hydrogen-bond acceptors (Lipinski definition) is 15. The fraction of sp³-hybridized carbons (Fsp3) is 0.611. The third-order valence-electron chi connectivity index (χ3n) is 5.43.